The Morgan fingerprint density at radius 3 is 2.29 bits per heavy atom. The van der Waals surface area contributed by atoms with Crippen LogP contribution in [0.15, 0.2) is 72.8 Å². The molecule has 0 aromatic heterocycles. The van der Waals surface area contributed by atoms with E-state index in [0.29, 0.717) is 17.1 Å². The molecule has 0 radical (unpaired) electrons. The van der Waals surface area contributed by atoms with Gasteiger partial charge in [0, 0.05) is 37.0 Å². The van der Waals surface area contributed by atoms with Gasteiger partial charge in [0.1, 0.15) is 6.04 Å². The van der Waals surface area contributed by atoms with Gasteiger partial charge in [-0.2, -0.15) is 0 Å². The maximum absolute atomic E-state index is 14.0. The number of nitrogens with zero attached hydrogens (tertiary/aromatic N) is 2. The Morgan fingerprint density at radius 1 is 0.952 bits per heavy atom. The second kappa shape index (κ2) is 15.2. The first-order valence-corrected chi connectivity index (χ1v) is 16.5. The number of nitrogens with one attached hydrogen (secondary N) is 1. The minimum absolute atomic E-state index is 0.0558. The Bertz CT molecular complexity index is 1460. The predicted octanol–water partition coefficient (Wildman–Crippen LogP) is 6.06. The van der Waals surface area contributed by atoms with Crippen molar-refractivity contribution in [1.82, 2.24) is 10.2 Å². The predicted molar refractivity (Wildman–Crippen MR) is 171 cm³/mol. The zero-order valence-corrected chi connectivity index (χ0v) is 26.7. The number of benzene rings is 3. The summed E-state index contributed by atoms with van der Waals surface area (Å²) in [6, 6.07) is 21.7. The summed E-state index contributed by atoms with van der Waals surface area (Å²) in [6.07, 6.45) is 2.63. The van der Waals surface area contributed by atoms with Crippen LogP contribution >= 0.6 is 11.6 Å². The summed E-state index contributed by atoms with van der Waals surface area (Å²) in [4.78, 5) is 29.2. The van der Waals surface area contributed by atoms with Gasteiger partial charge in [0.15, 0.2) is 0 Å². The summed E-state index contributed by atoms with van der Waals surface area (Å²) in [5.74, 6) is -0.457. The molecule has 42 heavy (non-hydrogen) atoms. The van der Waals surface area contributed by atoms with Gasteiger partial charge in [0.2, 0.25) is 21.8 Å². The number of carbonyl (C=O) groups is 2. The normalized spacial score (nSPS) is 12.8. The molecular formula is C33H42ClN3O4S. The van der Waals surface area contributed by atoms with Crippen LogP contribution in [-0.2, 0) is 32.6 Å². The molecule has 1 N–H and O–H groups in total. The van der Waals surface area contributed by atoms with Crippen LogP contribution in [0.3, 0.4) is 0 Å². The Hall–Kier alpha value is -3.36. The van der Waals surface area contributed by atoms with Crippen LogP contribution < -0.4 is 9.62 Å². The smallest absolute Gasteiger partial charge is 0.243 e. The third-order valence-corrected chi connectivity index (χ3v) is 8.71. The number of carbonyl (C=O) groups excluding carboxylic acids is 2. The molecule has 0 saturated heterocycles. The fraction of sp³-hybridized carbons (Fsp3) is 0.394. The van der Waals surface area contributed by atoms with E-state index >= 15 is 0 Å². The van der Waals surface area contributed by atoms with E-state index in [1.807, 2.05) is 88.4 Å². The number of hydrogen-bond donors (Lipinski definition) is 1. The molecule has 0 aliphatic rings. The van der Waals surface area contributed by atoms with Gasteiger partial charge < -0.3 is 10.2 Å². The van der Waals surface area contributed by atoms with E-state index in [2.05, 4.69) is 5.32 Å². The molecule has 7 nitrogen and oxygen atoms in total. The molecular weight excluding hydrogens is 570 g/mol. The standard InChI is InChI=1S/C33H42ClN3O4S/c1-6-26(4)35-33(39)31(22-27-12-8-7-9-13-27)36(23-28-14-10-15-29(34)21-28)32(38)16-11-19-37(42(5,40)41)30-20-24(2)17-18-25(30)3/h7-10,12-15,17-18,20-21,26,31H,6,11,16,19,22-23H2,1-5H3,(H,35,39)/t26-,31+/m1/s1. The molecule has 2 atom stereocenters. The maximum atomic E-state index is 14.0. The number of halogens is 1. The van der Waals surface area contributed by atoms with Crippen molar-refractivity contribution in [1.29, 1.82) is 0 Å². The summed E-state index contributed by atoms with van der Waals surface area (Å²) in [5, 5.41) is 3.61. The highest BCUT2D eigenvalue weighted by Crippen LogP contribution is 2.25. The number of aryl methyl sites for hydroxylation is 2. The zero-order valence-electron chi connectivity index (χ0n) is 25.1. The monoisotopic (exact) mass is 611 g/mol. The van der Waals surface area contributed by atoms with Crippen molar-refractivity contribution < 1.29 is 18.0 Å². The van der Waals surface area contributed by atoms with Gasteiger partial charge in [-0.05, 0) is 74.1 Å². The van der Waals surface area contributed by atoms with E-state index in [-0.39, 0.29) is 43.8 Å². The molecule has 3 rings (SSSR count). The molecule has 9 heteroatoms. The van der Waals surface area contributed by atoms with Gasteiger partial charge in [-0.25, -0.2) is 8.42 Å². The largest absolute Gasteiger partial charge is 0.352 e. The second-order valence-electron chi connectivity index (χ2n) is 10.9. The van der Waals surface area contributed by atoms with E-state index in [9.17, 15) is 18.0 Å². The number of sulfonamides is 1. The van der Waals surface area contributed by atoms with Crippen molar-refractivity contribution >= 4 is 39.1 Å². The summed E-state index contributed by atoms with van der Waals surface area (Å²) in [5.41, 5.74) is 4.13. The molecule has 0 bridgehead atoms. The lowest BCUT2D eigenvalue weighted by molar-refractivity contribution is -0.141. The minimum atomic E-state index is -3.59. The number of hydrogen-bond acceptors (Lipinski definition) is 4. The summed E-state index contributed by atoms with van der Waals surface area (Å²) in [6.45, 7) is 8.05. The second-order valence-corrected chi connectivity index (χ2v) is 13.2. The molecule has 226 valence electrons. The van der Waals surface area contributed by atoms with Crippen LogP contribution in [0.2, 0.25) is 5.02 Å². The van der Waals surface area contributed by atoms with Crippen molar-refractivity contribution in [2.45, 2.75) is 72.0 Å². The van der Waals surface area contributed by atoms with Crippen molar-refractivity contribution in [2.75, 3.05) is 17.1 Å². The third kappa shape index (κ3) is 9.60. The molecule has 0 saturated carbocycles. The van der Waals surface area contributed by atoms with Gasteiger partial charge in [-0.15, -0.1) is 0 Å². The highest BCUT2D eigenvalue weighted by Gasteiger charge is 2.31. The highest BCUT2D eigenvalue weighted by molar-refractivity contribution is 7.92. The van der Waals surface area contributed by atoms with E-state index in [0.717, 1.165) is 28.7 Å². The molecule has 0 aliphatic heterocycles. The lowest BCUT2D eigenvalue weighted by Crippen LogP contribution is -2.52. The first-order chi connectivity index (χ1) is 19.9. The zero-order chi connectivity index (χ0) is 30.9. The summed E-state index contributed by atoms with van der Waals surface area (Å²) < 4.78 is 26.9. The number of anilines is 1. The van der Waals surface area contributed by atoms with Crippen molar-refractivity contribution in [2.24, 2.45) is 0 Å². The first kappa shape index (κ1) is 33.1. The Balaban J connectivity index is 1.91. The van der Waals surface area contributed by atoms with E-state index in [1.54, 1.807) is 17.0 Å². The number of rotatable bonds is 14. The van der Waals surface area contributed by atoms with E-state index in [4.69, 9.17) is 11.6 Å². The van der Waals surface area contributed by atoms with Crippen LogP contribution in [-0.4, -0.2) is 50.0 Å². The van der Waals surface area contributed by atoms with Gasteiger partial charge in [-0.3, -0.25) is 13.9 Å². The fourth-order valence-corrected chi connectivity index (χ4v) is 6.03. The Morgan fingerprint density at radius 2 is 1.64 bits per heavy atom. The lowest BCUT2D eigenvalue weighted by atomic mass is 10.0. The summed E-state index contributed by atoms with van der Waals surface area (Å²) in [7, 11) is -3.59. The Labute approximate surface area is 255 Å². The van der Waals surface area contributed by atoms with Crippen LogP contribution in [0.4, 0.5) is 5.69 Å². The van der Waals surface area contributed by atoms with Gasteiger partial charge >= 0.3 is 0 Å². The van der Waals surface area contributed by atoms with Crippen LogP contribution in [0.1, 0.15) is 55.4 Å². The van der Waals surface area contributed by atoms with E-state index in [1.165, 1.54) is 10.6 Å². The average Bonchev–Trinajstić information content (AvgIpc) is 2.94. The molecule has 0 spiro atoms. The Kier molecular flexibility index (Phi) is 12.0. The van der Waals surface area contributed by atoms with Crippen molar-refractivity contribution in [3.05, 3.63) is 100 Å². The fourth-order valence-electron chi connectivity index (χ4n) is 4.80. The van der Waals surface area contributed by atoms with Crippen LogP contribution in [0, 0.1) is 13.8 Å². The topological polar surface area (TPSA) is 86.8 Å². The molecule has 3 aromatic rings. The SMILES string of the molecule is CC[C@@H](C)NC(=O)[C@H](Cc1ccccc1)N(Cc1cccc(Cl)c1)C(=O)CCCN(c1cc(C)ccc1C)S(C)(=O)=O. The molecule has 0 heterocycles. The maximum Gasteiger partial charge on any atom is 0.243 e. The molecule has 0 aliphatic carbocycles. The van der Waals surface area contributed by atoms with Crippen LogP contribution in [0.25, 0.3) is 0 Å². The van der Waals surface area contributed by atoms with Crippen LogP contribution in [0.5, 0.6) is 0 Å². The molecule has 0 fully saturated rings. The molecule has 3 aromatic carbocycles. The molecule has 0 unspecified atom stereocenters. The van der Waals surface area contributed by atoms with Gasteiger partial charge in [0.25, 0.3) is 0 Å². The van der Waals surface area contributed by atoms with Gasteiger partial charge in [-0.1, -0.05) is 73.1 Å². The van der Waals surface area contributed by atoms with Crippen molar-refractivity contribution in [3.63, 3.8) is 0 Å². The lowest BCUT2D eigenvalue weighted by Gasteiger charge is -2.33. The first-order valence-electron chi connectivity index (χ1n) is 14.3. The quantitative estimate of drug-likeness (QED) is 0.240. The minimum Gasteiger partial charge on any atom is -0.352 e. The summed E-state index contributed by atoms with van der Waals surface area (Å²) >= 11 is 6.27. The van der Waals surface area contributed by atoms with Crippen molar-refractivity contribution in [3.8, 4) is 0 Å². The molecule has 2 amide bonds. The van der Waals surface area contributed by atoms with Gasteiger partial charge in [0.05, 0.1) is 11.9 Å². The van der Waals surface area contributed by atoms with E-state index < -0.39 is 16.1 Å². The average molecular weight is 612 g/mol. The third-order valence-electron chi connectivity index (χ3n) is 7.30. The number of amides is 2. The highest BCUT2D eigenvalue weighted by atomic mass is 35.5.